The standard InChI is InChI=1S/C30H58O3/c1-3-5-7-9-11-13-15-16-18-20-22-24-26-30(32)33-29(27-28-31)25-23-21-19-17-14-12-10-8-6-4-2/h28-29H,3-27H2,1-2H3. The van der Waals surface area contributed by atoms with Crippen LogP contribution in [0.4, 0.5) is 0 Å². The Morgan fingerprint density at radius 1 is 0.576 bits per heavy atom. The molecule has 0 saturated heterocycles. The third kappa shape index (κ3) is 25.6. The number of unbranched alkanes of at least 4 members (excludes halogenated alkanes) is 20. The molecule has 3 nitrogen and oxygen atoms in total. The van der Waals surface area contributed by atoms with Crippen LogP contribution >= 0.6 is 0 Å². The van der Waals surface area contributed by atoms with Crippen LogP contribution in [0.1, 0.15) is 174 Å². The van der Waals surface area contributed by atoms with Gasteiger partial charge in [0.05, 0.1) is 0 Å². The van der Waals surface area contributed by atoms with E-state index in [-0.39, 0.29) is 12.1 Å². The van der Waals surface area contributed by atoms with Crippen LogP contribution in [0.2, 0.25) is 0 Å². The van der Waals surface area contributed by atoms with Gasteiger partial charge in [-0.25, -0.2) is 0 Å². The molecular weight excluding hydrogens is 408 g/mol. The lowest BCUT2D eigenvalue weighted by molar-refractivity contribution is -0.150. The third-order valence-electron chi connectivity index (χ3n) is 6.77. The molecule has 0 radical (unpaired) electrons. The van der Waals surface area contributed by atoms with Crippen LogP contribution in [0.5, 0.6) is 0 Å². The summed E-state index contributed by atoms with van der Waals surface area (Å²) in [5, 5.41) is 0. The average Bonchev–Trinajstić information content (AvgIpc) is 2.81. The largest absolute Gasteiger partial charge is 0.462 e. The van der Waals surface area contributed by atoms with E-state index in [4.69, 9.17) is 4.74 Å². The van der Waals surface area contributed by atoms with Crippen LogP contribution in [0.25, 0.3) is 0 Å². The number of esters is 1. The second-order valence-corrected chi connectivity index (χ2v) is 10.1. The molecule has 33 heavy (non-hydrogen) atoms. The Morgan fingerprint density at radius 2 is 0.939 bits per heavy atom. The summed E-state index contributed by atoms with van der Waals surface area (Å²) in [6, 6.07) is 0. The van der Waals surface area contributed by atoms with Crippen LogP contribution in [-0.2, 0) is 14.3 Å². The lowest BCUT2D eigenvalue weighted by Crippen LogP contribution is -2.18. The summed E-state index contributed by atoms with van der Waals surface area (Å²) in [6.07, 6.45) is 30.9. The van der Waals surface area contributed by atoms with Crippen LogP contribution in [0.3, 0.4) is 0 Å². The fraction of sp³-hybridized carbons (Fsp3) is 0.933. The van der Waals surface area contributed by atoms with Gasteiger partial charge in [0.25, 0.3) is 0 Å². The predicted octanol–water partition coefficient (Wildman–Crippen LogP) is 9.89. The Balaban J connectivity index is 3.56. The highest BCUT2D eigenvalue weighted by Crippen LogP contribution is 2.16. The summed E-state index contributed by atoms with van der Waals surface area (Å²) in [7, 11) is 0. The predicted molar refractivity (Wildman–Crippen MR) is 143 cm³/mol. The smallest absolute Gasteiger partial charge is 0.306 e. The van der Waals surface area contributed by atoms with Crippen LogP contribution in [0.15, 0.2) is 0 Å². The molecular formula is C30H58O3. The highest BCUT2D eigenvalue weighted by molar-refractivity contribution is 5.69. The molecule has 0 aromatic heterocycles. The quantitative estimate of drug-likeness (QED) is 0.0687. The first-order valence-electron chi connectivity index (χ1n) is 14.9. The second kappa shape index (κ2) is 27.4. The molecule has 0 amide bonds. The minimum atomic E-state index is -0.207. The van der Waals surface area contributed by atoms with Crippen molar-refractivity contribution in [1.82, 2.24) is 0 Å². The number of hydrogen-bond acceptors (Lipinski definition) is 3. The summed E-state index contributed by atoms with van der Waals surface area (Å²) in [4.78, 5) is 23.1. The number of ether oxygens (including phenoxy) is 1. The first-order chi connectivity index (χ1) is 16.2. The van der Waals surface area contributed by atoms with Gasteiger partial charge in [-0.2, -0.15) is 0 Å². The van der Waals surface area contributed by atoms with Gasteiger partial charge in [-0.05, 0) is 19.3 Å². The molecule has 1 unspecified atom stereocenters. The van der Waals surface area contributed by atoms with Gasteiger partial charge in [-0.1, -0.05) is 142 Å². The molecule has 0 heterocycles. The van der Waals surface area contributed by atoms with Crippen molar-refractivity contribution in [3.63, 3.8) is 0 Å². The lowest BCUT2D eigenvalue weighted by atomic mass is 10.0. The Hall–Kier alpha value is -0.860. The van der Waals surface area contributed by atoms with Gasteiger partial charge in [-0.3, -0.25) is 4.79 Å². The van der Waals surface area contributed by atoms with E-state index in [2.05, 4.69) is 13.8 Å². The van der Waals surface area contributed by atoms with Crippen molar-refractivity contribution in [2.24, 2.45) is 0 Å². The Kier molecular flexibility index (Phi) is 26.7. The van der Waals surface area contributed by atoms with E-state index in [9.17, 15) is 9.59 Å². The maximum absolute atomic E-state index is 12.2. The molecule has 0 aliphatic rings. The first kappa shape index (κ1) is 32.1. The molecule has 0 saturated carbocycles. The molecule has 0 bridgehead atoms. The van der Waals surface area contributed by atoms with Gasteiger partial charge in [0.2, 0.25) is 0 Å². The Morgan fingerprint density at radius 3 is 1.33 bits per heavy atom. The molecule has 0 aliphatic heterocycles. The fourth-order valence-electron chi connectivity index (χ4n) is 4.55. The minimum Gasteiger partial charge on any atom is -0.462 e. The molecule has 196 valence electrons. The number of carbonyl (C=O) groups is 2. The van der Waals surface area contributed by atoms with Gasteiger partial charge in [0.1, 0.15) is 12.4 Å². The van der Waals surface area contributed by atoms with E-state index in [0.717, 1.165) is 32.0 Å². The summed E-state index contributed by atoms with van der Waals surface area (Å²) >= 11 is 0. The van der Waals surface area contributed by atoms with Gasteiger partial charge < -0.3 is 9.53 Å². The van der Waals surface area contributed by atoms with Crippen molar-refractivity contribution in [3.8, 4) is 0 Å². The lowest BCUT2D eigenvalue weighted by Gasteiger charge is -2.15. The number of rotatable bonds is 27. The zero-order chi connectivity index (χ0) is 24.2. The molecule has 0 aliphatic carbocycles. The van der Waals surface area contributed by atoms with Crippen molar-refractivity contribution in [1.29, 1.82) is 0 Å². The molecule has 0 N–H and O–H groups in total. The highest BCUT2D eigenvalue weighted by Gasteiger charge is 2.13. The van der Waals surface area contributed by atoms with Crippen LogP contribution in [0, 0.1) is 0 Å². The molecule has 1 atom stereocenters. The topological polar surface area (TPSA) is 43.4 Å². The van der Waals surface area contributed by atoms with Crippen molar-refractivity contribution < 1.29 is 14.3 Å². The van der Waals surface area contributed by atoms with Gasteiger partial charge in [0, 0.05) is 12.8 Å². The molecule has 3 heteroatoms. The van der Waals surface area contributed by atoms with Gasteiger partial charge in [0.15, 0.2) is 0 Å². The van der Waals surface area contributed by atoms with Crippen molar-refractivity contribution in [2.75, 3.05) is 0 Å². The van der Waals surface area contributed by atoms with Gasteiger partial charge in [-0.15, -0.1) is 0 Å². The van der Waals surface area contributed by atoms with E-state index in [1.54, 1.807) is 0 Å². The molecule has 0 aromatic carbocycles. The molecule has 0 spiro atoms. The summed E-state index contributed by atoms with van der Waals surface area (Å²) in [5.74, 6) is -0.110. The minimum absolute atomic E-state index is 0.110. The van der Waals surface area contributed by atoms with Gasteiger partial charge >= 0.3 is 5.97 Å². The zero-order valence-electron chi connectivity index (χ0n) is 22.6. The van der Waals surface area contributed by atoms with E-state index in [1.165, 1.54) is 122 Å². The summed E-state index contributed by atoms with van der Waals surface area (Å²) in [6.45, 7) is 4.52. The van der Waals surface area contributed by atoms with E-state index in [0.29, 0.717) is 12.8 Å². The fourth-order valence-corrected chi connectivity index (χ4v) is 4.55. The molecule has 0 fully saturated rings. The zero-order valence-corrected chi connectivity index (χ0v) is 22.6. The normalized spacial score (nSPS) is 12.1. The Bertz CT molecular complexity index is 407. The number of carbonyl (C=O) groups excluding carboxylic acids is 2. The highest BCUT2D eigenvalue weighted by atomic mass is 16.5. The van der Waals surface area contributed by atoms with Crippen molar-refractivity contribution in [2.45, 2.75) is 180 Å². The van der Waals surface area contributed by atoms with E-state index >= 15 is 0 Å². The maximum atomic E-state index is 12.2. The maximum Gasteiger partial charge on any atom is 0.306 e. The van der Waals surface area contributed by atoms with E-state index < -0.39 is 0 Å². The van der Waals surface area contributed by atoms with Crippen molar-refractivity contribution >= 4 is 12.3 Å². The first-order valence-corrected chi connectivity index (χ1v) is 14.9. The molecule has 0 rings (SSSR count). The second-order valence-electron chi connectivity index (χ2n) is 10.1. The van der Waals surface area contributed by atoms with Crippen molar-refractivity contribution in [3.05, 3.63) is 0 Å². The third-order valence-corrected chi connectivity index (χ3v) is 6.77. The molecule has 0 aromatic rings. The SMILES string of the molecule is CCCCCCCCCCCCCCC(=O)OC(CC=O)CCCCCCCCCCCC. The Labute approximate surface area is 207 Å². The number of hydrogen-bond donors (Lipinski definition) is 0. The number of aldehydes is 1. The van der Waals surface area contributed by atoms with Crippen LogP contribution in [-0.4, -0.2) is 18.4 Å². The van der Waals surface area contributed by atoms with E-state index in [1.807, 2.05) is 0 Å². The monoisotopic (exact) mass is 466 g/mol. The summed E-state index contributed by atoms with van der Waals surface area (Å²) < 4.78 is 5.60. The average molecular weight is 467 g/mol. The van der Waals surface area contributed by atoms with Crippen LogP contribution < -0.4 is 0 Å². The summed E-state index contributed by atoms with van der Waals surface area (Å²) in [5.41, 5.74) is 0.